The predicted octanol–water partition coefficient (Wildman–Crippen LogP) is 3.33. The molecule has 2 aromatic heterocycles. The third-order valence-corrected chi connectivity index (χ3v) is 6.20. The largest absolute Gasteiger partial charge is 0.350 e. The zero-order valence-electron chi connectivity index (χ0n) is 18.5. The van der Waals surface area contributed by atoms with E-state index in [1.165, 1.54) is 11.3 Å². The van der Waals surface area contributed by atoms with Crippen LogP contribution in [0.4, 0.5) is 5.13 Å². The van der Waals surface area contributed by atoms with Crippen molar-refractivity contribution in [2.75, 3.05) is 11.4 Å². The number of anilines is 1. The molecule has 1 saturated heterocycles. The minimum Gasteiger partial charge on any atom is -0.350 e. The van der Waals surface area contributed by atoms with Crippen LogP contribution in [-0.4, -0.2) is 33.4 Å². The van der Waals surface area contributed by atoms with Crippen LogP contribution in [0.3, 0.4) is 0 Å². The molecule has 2 N–H and O–H groups in total. The number of aromatic amines is 1. The Morgan fingerprint density at radius 3 is 2.68 bits per heavy atom. The first-order valence-corrected chi connectivity index (χ1v) is 10.8. The van der Waals surface area contributed by atoms with Gasteiger partial charge >= 0.3 is 0 Å². The monoisotopic (exact) mass is 433 g/mol. The summed E-state index contributed by atoms with van der Waals surface area (Å²) in [6, 6.07) is 17.4. The molecule has 156 valence electrons. The number of hydrogen-bond donors (Lipinski definition) is 2. The van der Waals surface area contributed by atoms with Crippen LogP contribution < -0.4 is 15.8 Å². The molecule has 0 saturated carbocycles. The predicted molar refractivity (Wildman–Crippen MR) is 122 cm³/mol. The Morgan fingerprint density at radius 2 is 1.90 bits per heavy atom. The molecule has 0 spiro atoms. The van der Waals surface area contributed by atoms with E-state index in [4.69, 9.17) is 2.74 Å². The molecule has 31 heavy (non-hydrogen) atoms. The van der Waals surface area contributed by atoms with E-state index in [2.05, 4.69) is 20.3 Å². The quantitative estimate of drug-likeness (QED) is 0.504. The number of nitrogens with one attached hydrogen (secondary N) is 2. The molecule has 1 atom stereocenters. The average Bonchev–Trinajstić information content (AvgIpc) is 3.47. The summed E-state index contributed by atoms with van der Waals surface area (Å²) in [5.74, 6) is 0.0579. The van der Waals surface area contributed by atoms with E-state index in [9.17, 15) is 9.59 Å². The van der Waals surface area contributed by atoms with Crippen molar-refractivity contribution in [3.8, 4) is 11.4 Å². The molecule has 1 unspecified atom stereocenters. The van der Waals surface area contributed by atoms with Crippen molar-refractivity contribution in [1.29, 1.82) is 0 Å². The molecular formula is C23H21N5O2S. The minimum absolute atomic E-state index is 0.236. The van der Waals surface area contributed by atoms with Gasteiger partial charge in [0, 0.05) is 18.6 Å². The van der Waals surface area contributed by atoms with Crippen molar-refractivity contribution >= 4 is 32.7 Å². The molecule has 2 aromatic carbocycles. The highest BCUT2D eigenvalue weighted by molar-refractivity contribution is 7.21. The third-order valence-electron chi connectivity index (χ3n) is 5.21. The number of carbonyl (C=O) groups excluding carboxylic acids is 1. The second kappa shape index (κ2) is 8.31. The lowest BCUT2D eigenvalue weighted by molar-refractivity contribution is -0.122. The Balaban J connectivity index is 1.42. The molecule has 0 aliphatic carbocycles. The van der Waals surface area contributed by atoms with Crippen LogP contribution >= 0.6 is 11.3 Å². The number of amides is 1. The van der Waals surface area contributed by atoms with Gasteiger partial charge in [0.15, 0.2) is 15.5 Å². The van der Waals surface area contributed by atoms with E-state index in [0.29, 0.717) is 34.3 Å². The summed E-state index contributed by atoms with van der Waals surface area (Å²) in [7, 11) is 0. The Morgan fingerprint density at radius 1 is 1.16 bits per heavy atom. The van der Waals surface area contributed by atoms with Gasteiger partial charge in [0.05, 0.1) is 2.74 Å². The van der Waals surface area contributed by atoms with Crippen LogP contribution in [0.25, 0.3) is 21.7 Å². The van der Waals surface area contributed by atoms with Gasteiger partial charge in [-0.2, -0.15) is 0 Å². The highest BCUT2D eigenvalue weighted by Crippen LogP contribution is 2.32. The van der Waals surface area contributed by atoms with E-state index >= 15 is 0 Å². The van der Waals surface area contributed by atoms with E-state index in [-0.39, 0.29) is 11.1 Å². The highest BCUT2D eigenvalue weighted by Gasteiger charge is 2.33. The van der Waals surface area contributed by atoms with Gasteiger partial charge in [0.2, 0.25) is 5.91 Å². The van der Waals surface area contributed by atoms with Crippen molar-refractivity contribution in [2.24, 2.45) is 0 Å². The van der Waals surface area contributed by atoms with Gasteiger partial charge in [0.25, 0.3) is 5.56 Å². The van der Waals surface area contributed by atoms with E-state index in [1.54, 1.807) is 30.3 Å². The second-order valence-electron chi connectivity index (χ2n) is 7.26. The first-order valence-electron chi connectivity index (χ1n) is 11.0. The lowest BCUT2D eigenvalue weighted by Crippen LogP contribution is -2.43. The summed E-state index contributed by atoms with van der Waals surface area (Å²) in [4.78, 5) is 39.9. The van der Waals surface area contributed by atoms with Gasteiger partial charge in [-0.3, -0.25) is 9.59 Å². The summed E-state index contributed by atoms with van der Waals surface area (Å²) in [5.41, 5.74) is 1.09. The molecule has 3 heterocycles. The van der Waals surface area contributed by atoms with Crippen LogP contribution in [0.1, 0.15) is 21.1 Å². The van der Waals surface area contributed by atoms with Crippen molar-refractivity contribution in [3.05, 3.63) is 76.6 Å². The lowest BCUT2D eigenvalue weighted by Gasteiger charge is -2.23. The normalized spacial score (nSPS) is 17.4. The Bertz CT molecular complexity index is 1360. The zero-order valence-corrected chi connectivity index (χ0v) is 17.4. The fraction of sp³-hybridized carbons (Fsp3) is 0.217. The number of fused-ring (bicyclic) bond motifs is 1. The van der Waals surface area contributed by atoms with Crippen LogP contribution in [0, 0.1) is 0 Å². The van der Waals surface area contributed by atoms with Crippen LogP contribution in [0.5, 0.6) is 0 Å². The van der Waals surface area contributed by atoms with Gasteiger partial charge in [-0.1, -0.05) is 72.0 Å². The number of hydrogen-bond acceptors (Lipinski definition) is 6. The number of H-pyrrole nitrogens is 1. The topological polar surface area (TPSA) is 91.0 Å². The first-order chi connectivity index (χ1) is 15.9. The maximum absolute atomic E-state index is 13.0. The number of rotatable bonds is 5. The van der Waals surface area contributed by atoms with Gasteiger partial charge in [0.1, 0.15) is 11.9 Å². The van der Waals surface area contributed by atoms with Crippen molar-refractivity contribution < 1.29 is 7.54 Å². The number of thiazole rings is 1. The van der Waals surface area contributed by atoms with E-state index in [1.807, 2.05) is 35.2 Å². The SMILES string of the molecule is [2H]C([2H])(NC(=O)C1CCCN1c1nc2c(=O)[nH]c(-c3ccccc3)nc2s1)c1ccccc1. The van der Waals surface area contributed by atoms with Crippen molar-refractivity contribution in [1.82, 2.24) is 20.3 Å². The highest BCUT2D eigenvalue weighted by atomic mass is 32.1. The molecule has 4 aromatic rings. The van der Waals surface area contributed by atoms with Crippen molar-refractivity contribution in [3.63, 3.8) is 0 Å². The Hall–Kier alpha value is -3.52. The van der Waals surface area contributed by atoms with Gasteiger partial charge in [-0.25, -0.2) is 9.97 Å². The summed E-state index contributed by atoms with van der Waals surface area (Å²) in [6.45, 7) is -1.40. The van der Waals surface area contributed by atoms with E-state index in [0.717, 1.165) is 12.0 Å². The fourth-order valence-electron chi connectivity index (χ4n) is 3.68. The minimum atomic E-state index is -2.00. The maximum Gasteiger partial charge on any atom is 0.278 e. The first kappa shape index (κ1) is 17.2. The van der Waals surface area contributed by atoms with Crippen LogP contribution in [0.15, 0.2) is 65.5 Å². The third kappa shape index (κ3) is 3.94. The number of carbonyl (C=O) groups is 1. The lowest BCUT2D eigenvalue weighted by atomic mass is 10.2. The van der Waals surface area contributed by atoms with Gasteiger partial charge in [-0.05, 0) is 18.4 Å². The van der Waals surface area contributed by atoms with Crippen molar-refractivity contribution in [2.45, 2.75) is 25.4 Å². The molecular weight excluding hydrogens is 410 g/mol. The molecule has 5 rings (SSSR count). The number of nitrogens with zero attached hydrogens (tertiary/aromatic N) is 3. The molecule has 1 aliphatic rings. The molecule has 0 radical (unpaired) electrons. The summed E-state index contributed by atoms with van der Waals surface area (Å²) in [6.07, 6.45) is 1.34. The van der Waals surface area contributed by atoms with E-state index < -0.39 is 18.4 Å². The Kier molecular flexibility index (Phi) is 4.61. The number of benzene rings is 2. The average molecular weight is 434 g/mol. The molecule has 7 nitrogen and oxygen atoms in total. The summed E-state index contributed by atoms with van der Waals surface area (Å²) in [5, 5.41) is 3.07. The molecule has 0 bridgehead atoms. The molecule has 1 aliphatic heterocycles. The number of aromatic nitrogens is 3. The van der Waals surface area contributed by atoms with Gasteiger partial charge < -0.3 is 15.2 Å². The fourth-order valence-corrected chi connectivity index (χ4v) is 4.70. The van der Waals surface area contributed by atoms with Crippen LogP contribution in [0.2, 0.25) is 0 Å². The molecule has 8 heteroatoms. The Labute approximate surface area is 185 Å². The second-order valence-corrected chi connectivity index (χ2v) is 8.22. The molecule has 1 fully saturated rings. The zero-order chi connectivity index (χ0) is 23.0. The van der Waals surface area contributed by atoms with Gasteiger partial charge in [-0.15, -0.1) is 0 Å². The summed E-state index contributed by atoms with van der Waals surface area (Å²) >= 11 is 1.26. The standard InChI is InChI=1S/C23H21N5O2S/c29-20(24-14-15-8-3-1-4-9-15)17-12-7-13-28(17)23-25-18-21(30)26-19(27-22(18)31-23)16-10-5-2-6-11-16/h1-6,8-11,17H,7,12-14H2,(H,24,29)(H,26,27,30)/i14D2. The summed E-state index contributed by atoms with van der Waals surface area (Å²) < 4.78 is 16.6. The maximum atomic E-state index is 13.0. The van der Waals surface area contributed by atoms with Crippen LogP contribution in [-0.2, 0) is 11.3 Å². The molecule has 1 amide bonds. The smallest absolute Gasteiger partial charge is 0.278 e.